The molecule has 9 nitrogen and oxygen atoms in total. The molecule has 2 aliphatic heterocycles. The van der Waals surface area contributed by atoms with Gasteiger partial charge in [-0.3, -0.25) is 0 Å². The topological polar surface area (TPSA) is 96.4 Å². The highest BCUT2D eigenvalue weighted by atomic mass is 16.2. The maximum Gasteiger partial charge on any atom is 0.318 e. The molecule has 144 valence electrons. The molecule has 0 aromatic heterocycles. The van der Waals surface area contributed by atoms with Crippen LogP contribution in [0.15, 0.2) is 70.9 Å². The first-order valence-electron chi connectivity index (χ1n) is 8.91. The molecule has 28 heavy (non-hydrogen) atoms. The summed E-state index contributed by atoms with van der Waals surface area (Å²) >= 11 is 0. The van der Waals surface area contributed by atoms with Gasteiger partial charge in [0.2, 0.25) is 0 Å². The first-order valence-corrected chi connectivity index (χ1v) is 8.91. The monoisotopic (exact) mass is 378 g/mol. The average Bonchev–Trinajstić information content (AvgIpc) is 3.26. The van der Waals surface area contributed by atoms with Gasteiger partial charge in [-0.1, -0.05) is 36.4 Å². The maximum atomic E-state index is 12.6. The molecule has 0 bridgehead atoms. The van der Waals surface area contributed by atoms with Crippen LogP contribution in [0, 0.1) is 0 Å². The zero-order valence-corrected chi connectivity index (χ0v) is 15.6. The molecule has 9 heteroatoms. The molecule has 2 aliphatic rings. The van der Waals surface area contributed by atoms with Crippen LogP contribution in [0.1, 0.15) is 13.8 Å². The van der Waals surface area contributed by atoms with E-state index in [1.807, 2.05) is 74.5 Å². The van der Waals surface area contributed by atoms with Crippen molar-refractivity contribution >= 4 is 29.8 Å². The Hall–Kier alpha value is -3.43. The van der Waals surface area contributed by atoms with Crippen molar-refractivity contribution in [3.63, 3.8) is 0 Å². The number of hydrazine groups is 2. The molecule has 4 N–H and O–H groups in total. The molecule has 0 saturated carbocycles. The number of para-hydroxylation sites is 2. The molecular formula is C19H22N8O. The van der Waals surface area contributed by atoms with Crippen LogP contribution in [0.25, 0.3) is 0 Å². The number of hydrogen-bond donors (Lipinski definition) is 4. The lowest BCUT2D eigenvalue weighted by Gasteiger charge is -2.30. The zero-order valence-electron chi connectivity index (χ0n) is 15.6. The average molecular weight is 378 g/mol. The van der Waals surface area contributed by atoms with E-state index in [0.717, 1.165) is 11.4 Å². The summed E-state index contributed by atoms with van der Waals surface area (Å²) in [5.41, 5.74) is 6.42. The minimum Gasteiger partial charge on any atom is -0.314 e. The van der Waals surface area contributed by atoms with Crippen LogP contribution in [-0.2, 0) is 0 Å². The van der Waals surface area contributed by atoms with Crippen molar-refractivity contribution in [1.29, 1.82) is 0 Å². The number of amides is 2. The van der Waals surface area contributed by atoms with Crippen LogP contribution in [0.4, 0.5) is 16.2 Å². The Morgan fingerprint density at radius 3 is 1.57 bits per heavy atom. The molecule has 0 spiro atoms. The van der Waals surface area contributed by atoms with Gasteiger partial charge >= 0.3 is 6.03 Å². The molecule has 0 saturated heterocycles. The van der Waals surface area contributed by atoms with E-state index in [1.54, 1.807) is 22.7 Å². The van der Waals surface area contributed by atoms with Gasteiger partial charge in [-0.05, 0) is 38.1 Å². The van der Waals surface area contributed by atoms with Crippen molar-refractivity contribution in [2.24, 2.45) is 10.2 Å². The SMILES string of the molecule is CC1(NC(=O)NC2(C)C=NN(c3ccccc3)N2)C=NN(c2ccccc2)N1. The largest absolute Gasteiger partial charge is 0.318 e. The van der Waals surface area contributed by atoms with Gasteiger partial charge in [0.05, 0.1) is 23.8 Å². The van der Waals surface area contributed by atoms with Gasteiger partial charge in [-0.25, -0.2) is 4.79 Å². The summed E-state index contributed by atoms with van der Waals surface area (Å²) in [5, 5.41) is 17.7. The first-order chi connectivity index (χ1) is 13.4. The Kier molecular flexibility index (Phi) is 4.46. The molecular weight excluding hydrogens is 356 g/mol. The number of nitrogens with zero attached hydrogens (tertiary/aromatic N) is 4. The maximum absolute atomic E-state index is 12.6. The van der Waals surface area contributed by atoms with Crippen LogP contribution in [0.5, 0.6) is 0 Å². The molecule has 2 aromatic carbocycles. The van der Waals surface area contributed by atoms with E-state index >= 15 is 0 Å². The van der Waals surface area contributed by atoms with Crippen molar-refractivity contribution < 1.29 is 4.79 Å². The Morgan fingerprint density at radius 2 is 1.18 bits per heavy atom. The number of anilines is 2. The van der Waals surface area contributed by atoms with E-state index in [4.69, 9.17) is 0 Å². The number of carbonyl (C=O) groups excluding carboxylic acids is 1. The standard InChI is InChI=1S/C19H22N8O/c1-18(13-20-26(24-18)15-9-5-3-6-10-15)22-17(28)23-19(2)14-21-27(25-19)16-11-7-4-8-12-16/h3-14,24-25H,1-2H3,(H2,22,23,28). The number of carbonyl (C=O) groups is 1. The van der Waals surface area contributed by atoms with Gasteiger partial charge in [-0.15, -0.1) is 0 Å². The number of benzene rings is 2. The predicted octanol–water partition coefficient (Wildman–Crippen LogP) is 1.74. The van der Waals surface area contributed by atoms with Gasteiger partial charge in [0.15, 0.2) is 0 Å². The number of nitrogens with one attached hydrogen (secondary N) is 4. The molecule has 2 atom stereocenters. The molecule has 0 radical (unpaired) electrons. The van der Waals surface area contributed by atoms with Crippen molar-refractivity contribution in [2.75, 3.05) is 10.2 Å². The van der Waals surface area contributed by atoms with Crippen molar-refractivity contribution in [3.8, 4) is 0 Å². The molecule has 4 rings (SSSR count). The Labute approximate surface area is 163 Å². The molecule has 2 heterocycles. The van der Waals surface area contributed by atoms with Crippen LogP contribution in [-0.4, -0.2) is 29.8 Å². The molecule has 0 aliphatic carbocycles. The van der Waals surface area contributed by atoms with E-state index in [-0.39, 0.29) is 6.03 Å². The second kappa shape index (κ2) is 6.95. The lowest BCUT2D eigenvalue weighted by molar-refractivity contribution is 0.223. The van der Waals surface area contributed by atoms with Gasteiger partial charge in [0, 0.05) is 0 Å². The van der Waals surface area contributed by atoms with E-state index in [0.29, 0.717) is 0 Å². The summed E-state index contributed by atoms with van der Waals surface area (Å²) < 4.78 is 0. The van der Waals surface area contributed by atoms with Crippen LogP contribution < -0.4 is 31.7 Å². The number of hydrogen-bond acceptors (Lipinski definition) is 7. The fraction of sp³-hybridized carbons (Fsp3) is 0.211. The van der Waals surface area contributed by atoms with Gasteiger partial charge in [0.25, 0.3) is 0 Å². The number of urea groups is 1. The molecule has 2 unspecified atom stereocenters. The van der Waals surface area contributed by atoms with Crippen LogP contribution >= 0.6 is 0 Å². The summed E-state index contributed by atoms with van der Waals surface area (Å²) in [6, 6.07) is 18.9. The van der Waals surface area contributed by atoms with Crippen molar-refractivity contribution in [3.05, 3.63) is 60.7 Å². The summed E-state index contributed by atoms with van der Waals surface area (Å²) in [7, 11) is 0. The Morgan fingerprint density at radius 1 is 0.786 bits per heavy atom. The number of rotatable bonds is 4. The van der Waals surface area contributed by atoms with Crippen molar-refractivity contribution in [1.82, 2.24) is 21.5 Å². The fourth-order valence-electron chi connectivity index (χ4n) is 2.93. The van der Waals surface area contributed by atoms with E-state index in [9.17, 15) is 4.79 Å². The Bertz CT molecular complexity index is 829. The molecule has 2 amide bonds. The summed E-state index contributed by atoms with van der Waals surface area (Å²) in [4.78, 5) is 12.6. The lowest BCUT2D eigenvalue weighted by atomic mass is 10.2. The predicted molar refractivity (Wildman–Crippen MR) is 110 cm³/mol. The van der Waals surface area contributed by atoms with E-state index in [2.05, 4.69) is 31.7 Å². The van der Waals surface area contributed by atoms with Gasteiger partial charge < -0.3 is 10.6 Å². The molecule has 2 aromatic rings. The lowest BCUT2D eigenvalue weighted by Crippen LogP contribution is -2.66. The summed E-state index contributed by atoms with van der Waals surface area (Å²) in [6.45, 7) is 3.65. The summed E-state index contributed by atoms with van der Waals surface area (Å²) in [5.74, 6) is 0. The smallest absolute Gasteiger partial charge is 0.314 e. The van der Waals surface area contributed by atoms with Gasteiger partial charge in [0.1, 0.15) is 11.3 Å². The minimum absolute atomic E-state index is 0.368. The Balaban J connectivity index is 1.35. The second-order valence-corrected chi connectivity index (χ2v) is 6.99. The van der Waals surface area contributed by atoms with Crippen LogP contribution in [0.3, 0.4) is 0 Å². The fourth-order valence-corrected chi connectivity index (χ4v) is 2.93. The van der Waals surface area contributed by atoms with Gasteiger partial charge in [-0.2, -0.15) is 31.3 Å². The van der Waals surface area contributed by atoms with E-state index in [1.165, 1.54) is 0 Å². The molecule has 0 fully saturated rings. The summed E-state index contributed by atoms with van der Waals surface area (Å²) in [6.07, 6.45) is 3.29. The highest BCUT2D eigenvalue weighted by Crippen LogP contribution is 2.18. The number of hydrazone groups is 2. The second-order valence-electron chi connectivity index (χ2n) is 6.99. The quantitative estimate of drug-likeness (QED) is 0.650. The minimum atomic E-state index is -0.828. The highest BCUT2D eigenvalue weighted by molar-refractivity contribution is 5.87. The third kappa shape index (κ3) is 3.80. The third-order valence-electron chi connectivity index (χ3n) is 4.29. The van der Waals surface area contributed by atoms with Crippen LogP contribution in [0.2, 0.25) is 0 Å². The van der Waals surface area contributed by atoms with Crippen molar-refractivity contribution in [2.45, 2.75) is 25.2 Å². The third-order valence-corrected chi connectivity index (χ3v) is 4.29. The first kappa shape index (κ1) is 18.0. The normalized spacial score (nSPS) is 25.9. The van der Waals surface area contributed by atoms with E-state index < -0.39 is 11.3 Å². The zero-order chi connectivity index (χ0) is 19.6. The highest BCUT2D eigenvalue weighted by Gasteiger charge is 2.36.